The van der Waals surface area contributed by atoms with Gasteiger partial charge < -0.3 is 55.8 Å². The number of benzene rings is 3. The van der Waals surface area contributed by atoms with Crippen LogP contribution in [0.1, 0.15) is 79.1 Å². The van der Waals surface area contributed by atoms with Crippen molar-refractivity contribution in [3.8, 4) is 11.1 Å². The van der Waals surface area contributed by atoms with E-state index in [4.69, 9.17) is 39.3 Å². The molecule has 1 aliphatic rings. The summed E-state index contributed by atoms with van der Waals surface area (Å²) in [6, 6.07) is 12.8. The van der Waals surface area contributed by atoms with Crippen molar-refractivity contribution >= 4 is 102 Å². The quantitative estimate of drug-likeness (QED) is 0.00558. The van der Waals surface area contributed by atoms with E-state index in [0.717, 1.165) is 11.9 Å². The van der Waals surface area contributed by atoms with E-state index < -0.39 is 121 Å². The Morgan fingerprint density at radius 3 is 1.46 bits per heavy atom. The molecule has 2 aromatic heterocycles. The lowest BCUT2D eigenvalue weighted by Crippen LogP contribution is -2.53. The summed E-state index contributed by atoms with van der Waals surface area (Å²) in [5.74, 6) is -10.1. The number of carboxylic acids is 3. The van der Waals surface area contributed by atoms with Crippen LogP contribution in [-0.2, 0) is 88.5 Å². The lowest BCUT2D eigenvalue weighted by molar-refractivity contribution is -0.432. The summed E-state index contributed by atoms with van der Waals surface area (Å²) in [6.45, 7) is 17.5. The van der Waals surface area contributed by atoms with E-state index in [1.165, 1.54) is 48.5 Å². The maximum absolute atomic E-state index is 13.9. The van der Waals surface area contributed by atoms with Crippen LogP contribution >= 0.6 is 12.0 Å². The predicted molar refractivity (Wildman–Crippen MR) is 385 cm³/mol. The smallest absolute Gasteiger partial charge is 0.480 e. The number of carbonyl (C=O) groups is 9. The lowest BCUT2D eigenvalue weighted by Gasteiger charge is -2.34. The molecular weight excluding hydrogens is 1550 g/mol. The molecule has 3 amide bonds. The van der Waals surface area contributed by atoms with Crippen LogP contribution in [0.2, 0.25) is 0 Å². The maximum atomic E-state index is 13.9. The van der Waals surface area contributed by atoms with Crippen molar-refractivity contribution in [3.63, 3.8) is 0 Å². The van der Waals surface area contributed by atoms with Crippen molar-refractivity contribution < 1.29 is 130 Å². The van der Waals surface area contributed by atoms with Gasteiger partial charge in [0.05, 0.1) is 53.4 Å². The molecule has 618 valence electrons. The summed E-state index contributed by atoms with van der Waals surface area (Å²) in [4.78, 5) is 124. The molecule has 111 heavy (non-hydrogen) atoms. The number of aryl methyl sites for hydroxylation is 1. The first kappa shape index (κ1) is 94.2. The first-order valence-electron chi connectivity index (χ1n) is 33.8. The molecule has 1 aliphatic heterocycles. The van der Waals surface area contributed by atoms with Crippen LogP contribution in [0.3, 0.4) is 0 Å². The number of H-pyrrole nitrogens is 1. The topological polar surface area (TPSA) is 481 Å². The second-order valence-electron chi connectivity index (χ2n) is 27.3. The number of halogens is 6. The second kappa shape index (κ2) is 43.0. The van der Waals surface area contributed by atoms with Crippen LogP contribution in [-0.4, -0.2) is 282 Å². The highest BCUT2D eigenvalue weighted by Gasteiger charge is 2.39. The number of fused-ring (bicyclic) bond motifs is 1. The van der Waals surface area contributed by atoms with Crippen LogP contribution in [0.4, 0.5) is 32.3 Å². The number of nitrogens with zero attached hydrogens (tertiary/aromatic N) is 7. The van der Waals surface area contributed by atoms with E-state index in [1.54, 1.807) is 109 Å². The second-order valence-corrected chi connectivity index (χ2v) is 31.5. The van der Waals surface area contributed by atoms with Crippen LogP contribution in [0.15, 0.2) is 95.1 Å². The van der Waals surface area contributed by atoms with Gasteiger partial charge >= 0.3 is 48.2 Å². The molecule has 3 heterocycles. The number of anilines is 1. The van der Waals surface area contributed by atoms with E-state index in [-0.39, 0.29) is 86.6 Å². The number of carboxylic acid groups (broad SMARTS) is 3. The molecular formula is C66H92F6N14O22S3. The monoisotopic (exact) mass is 1640 g/mol. The lowest BCUT2D eigenvalue weighted by atomic mass is 10.1. The minimum absolute atomic E-state index is 0.0584. The highest BCUT2D eigenvalue weighted by Crippen LogP contribution is 2.25. The van der Waals surface area contributed by atoms with Crippen molar-refractivity contribution in [2.24, 2.45) is 0 Å². The Bertz CT molecular complexity index is 4060. The molecule has 0 aliphatic carbocycles. The van der Waals surface area contributed by atoms with Gasteiger partial charge in [-0.05, 0) is 122 Å². The highest BCUT2D eigenvalue weighted by molar-refractivity contribution is 7.94. The number of hydrogen-bond donors (Lipinski definition) is 11. The van der Waals surface area contributed by atoms with Crippen molar-refractivity contribution in [1.82, 2.24) is 64.7 Å². The zero-order valence-electron chi connectivity index (χ0n) is 61.9. The van der Waals surface area contributed by atoms with Gasteiger partial charge in [-0.1, -0.05) is 29.3 Å². The largest absolute Gasteiger partial charge is 0.490 e. The summed E-state index contributed by atoms with van der Waals surface area (Å²) in [5, 5.41) is 52.8. The number of imidazole rings is 1. The number of nitrogens with one attached hydrogen (secondary N) is 7. The molecule has 2 atom stereocenters. The average Bonchev–Trinajstić information content (AvgIpc) is 1.80. The third kappa shape index (κ3) is 36.3. The molecule has 3 aromatic carbocycles. The number of aromatic nitrogens is 4. The molecule has 6 rings (SSSR count). The molecule has 36 nitrogen and oxygen atoms in total. The zero-order chi connectivity index (χ0) is 83.3. The van der Waals surface area contributed by atoms with Crippen LogP contribution in [0.25, 0.3) is 22.0 Å². The number of aliphatic carboxylic acids is 3. The standard InChI is InChI=1S/C62H90N14O18S3.2C2HF3O2/c1-60(2,3)90-53(78)39-73-29-27-72(28-30-74(40-54(79)91-61(4,5)6)32-34-75(33-31-73)41-55(80)92-62(7,8)9)38-52(77)70-50(42-95-94-93-85)57(82)63-24-25-69-96(86,87)47-16-11-43(12-17-47)44-13-18-48(19-14-44)97(88,89)71-49(58(83)84)37-67-56(81)45-15-20-51-46(35-45)36-68-76(51)26-10-21-64-59-65-22-23-66-59;2*3-2(4,5)1(6)7/h11-20,22-23,35-36,49-50,69,71,85H,10,21,24-34,37-42H2,1-9H3,(H,63,82)(H,67,81)(H,70,77)(H,83,84)(H2,64,65,66);2*(H,6,7)/t49-,50-;;/m0../s1. The number of ether oxygens (including phenoxy) is 3. The van der Waals surface area contributed by atoms with E-state index in [2.05, 4.69) is 55.2 Å². The Labute approximate surface area is 639 Å². The van der Waals surface area contributed by atoms with Gasteiger partial charge in [0, 0.05) is 120 Å². The zero-order valence-corrected chi connectivity index (χ0v) is 64.4. The molecule has 11 N–H and O–H groups in total. The van der Waals surface area contributed by atoms with Crippen molar-refractivity contribution in [3.05, 3.63) is 90.9 Å². The number of sulfonamides is 2. The molecule has 0 bridgehead atoms. The van der Waals surface area contributed by atoms with E-state index in [0.29, 0.717) is 73.8 Å². The third-order valence-corrected chi connectivity index (χ3v) is 18.3. The number of alkyl halides is 6. The van der Waals surface area contributed by atoms with E-state index in [1.807, 2.05) is 14.7 Å². The molecule has 1 saturated heterocycles. The maximum Gasteiger partial charge on any atom is 0.490 e. The average molecular weight is 1640 g/mol. The Morgan fingerprint density at radius 2 is 1.05 bits per heavy atom. The van der Waals surface area contributed by atoms with Gasteiger partial charge in [-0.15, -0.1) is 4.33 Å². The Kier molecular flexibility index (Phi) is 36.5. The fourth-order valence-electron chi connectivity index (χ4n) is 9.79. The Balaban J connectivity index is 0.00000169. The predicted octanol–water partition coefficient (Wildman–Crippen LogP) is 3.55. The van der Waals surface area contributed by atoms with Crippen molar-refractivity contribution in [2.45, 2.75) is 126 Å². The number of hydrogen-bond acceptors (Lipinski definition) is 27. The Morgan fingerprint density at radius 1 is 0.595 bits per heavy atom. The van der Waals surface area contributed by atoms with Crippen LogP contribution < -0.4 is 30.7 Å². The molecule has 5 aromatic rings. The number of esters is 3. The first-order valence-corrected chi connectivity index (χ1v) is 37.6. The van der Waals surface area contributed by atoms with Gasteiger partial charge in [0.2, 0.25) is 31.9 Å². The fraction of sp³-hybridized carbons (Fsp3) is 0.530. The SMILES string of the molecule is CC(C)(C)OC(=O)CN1CCN(CC(=O)N[C@@H](CSOOO)C(=O)NCCNS(=O)(=O)c2ccc(-c3ccc(S(=O)(=O)N[C@@H](CNC(=O)c4ccc5c(cnn5CCCNc5ncc[nH]5)c4)C(=O)O)cc3)cc2)CCN(CC(=O)OC(C)(C)C)CCN(CC(=O)OC(C)(C)C)CC1.O=C(O)C(F)(F)F.O=C(O)C(F)(F)F. The molecule has 0 saturated carbocycles. The number of amides is 3. The van der Waals surface area contributed by atoms with Crippen LogP contribution in [0.5, 0.6) is 0 Å². The molecule has 0 radical (unpaired) electrons. The fourth-order valence-corrected chi connectivity index (χ4v) is 12.5. The Hall–Kier alpha value is -9.16. The van der Waals surface area contributed by atoms with Gasteiger partial charge in [0.25, 0.3) is 5.91 Å². The van der Waals surface area contributed by atoms with Gasteiger partial charge in [0.15, 0.2) is 5.95 Å². The van der Waals surface area contributed by atoms with Gasteiger partial charge in [0.1, 0.15) is 28.9 Å². The van der Waals surface area contributed by atoms with Crippen LogP contribution in [0, 0.1) is 0 Å². The molecule has 45 heteroatoms. The van der Waals surface area contributed by atoms with Crippen molar-refractivity contribution in [2.75, 3.05) is 116 Å². The highest BCUT2D eigenvalue weighted by atomic mass is 32.2. The summed E-state index contributed by atoms with van der Waals surface area (Å²) >= 11 is 0.496. The third-order valence-electron chi connectivity index (χ3n) is 14.7. The number of rotatable bonds is 32. The molecule has 1 fully saturated rings. The molecule has 0 unspecified atom stereocenters. The van der Waals surface area contributed by atoms with E-state index in [9.17, 15) is 81.8 Å². The summed E-state index contributed by atoms with van der Waals surface area (Å²) < 4.78 is 145. The normalized spacial score (nSPS) is 14.8. The minimum atomic E-state index is -5.08. The van der Waals surface area contributed by atoms with Gasteiger partial charge in [-0.3, -0.25) is 57.8 Å². The summed E-state index contributed by atoms with van der Waals surface area (Å²) in [7, 11) is -8.63. The van der Waals surface area contributed by atoms with Gasteiger partial charge in [-0.25, -0.2) is 41.4 Å². The number of aromatic amines is 1. The van der Waals surface area contributed by atoms with E-state index >= 15 is 0 Å². The first-order chi connectivity index (χ1) is 51.5. The number of carbonyl (C=O) groups excluding carboxylic acids is 6. The molecule has 0 spiro atoms. The van der Waals surface area contributed by atoms with Crippen molar-refractivity contribution in [1.29, 1.82) is 0 Å². The van der Waals surface area contributed by atoms with Gasteiger partial charge in [-0.2, -0.15) is 36.2 Å². The summed E-state index contributed by atoms with van der Waals surface area (Å²) in [5.41, 5.74) is -0.319. The minimum Gasteiger partial charge on any atom is -0.480 e. The summed E-state index contributed by atoms with van der Waals surface area (Å²) in [6.07, 6.45) is -4.47.